The third-order valence-corrected chi connectivity index (χ3v) is 29.9. The molecule has 8 heterocycles. The highest BCUT2D eigenvalue weighted by Gasteiger charge is 2.55. The van der Waals surface area contributed by atoms with Gasteiger partial charge in [0.2, 0.25) is 0 Å². The van der Waals surface area contributed by atoms with Crippen LogP contribution in [-0.4, -0.2) is 23.7 Å². The van der Waals surface area contributed by atoms with Crippen molar-refractivity contribution < 1.29 is 0 Å². The van der Waals surface area contributed by atoms with Crippen molar-refractivity contribution in [3.8, 4) is 108 Å². The van der Waals surface area contributed by atoms with Crippen LogP contribution in [-0.2, 0) is 16.2 Å². The third-order valence-electron chi connectivity index (χ3n) is 29.9. The van der Waals surface area contributed by atoms with Crippen LogP contribution in [0.25, 0.3) is 182 Å². The van der Waals surface area contributed by atoms with Crippen LogP contribution >= 0.6 is 0 Å². The minimum atomic E-state index is -0.701. The number of nitrogens with zero attached hydrogens (tertiary/aromatic N) is 9. The summed E-state index contributed by atoms with van der Waals surface area (Å²) in [6.07, 6.45) is 3.97. The highest BCUT2D eigenvalue weighted by atomic mass is 15.1. The molecule has 9 nitrogen and oxygen atoms in total. The smallest absolute Gasteiger partial charge is 0.145 e. The zero-order chi connectivity index (χ0) is 88.6. The fraction of sp³-hybridized carbons (Fsp3) is 0.0240. The summed E-state index contributed by atoms with van der Waals surface area (Å²) in [6.45, 7) is 0. The van der Waals surface area contributed by atoms with Crippen molar-refractivity contribution in [3.63, 3.8) is 0 Å². The number of hydrogen-bond acceptors (Lipinski definition) is 6. The Labute approximate surface area is 769 Å². The van der Waals surface area contributed by atoms with Gasteiger partial charge in [0.05, 0.1) is 102 Å². The minimum absolute atomic E-state index is 0.517. The Hall–Kier alpha value is -18.4. The van der Waals surface area contributed by atoms with Crippen LogP contribution in [0.1, 0.15) is 89.0 Å². The van der Waals surface area contributed by atoms with Gasteiger partial charge in [-0.15, -0.1) is 0 Å². The molecule has 0 radical (unpaired) electrons. The molecule has 0 fully saturated rings. The Morgan fingerprint density at radius 1 is 0.187 bits per heavy atom. The molecule has 614 valence electrons. The average Bonchev–Trinajstić information content (AvgIpc) is 1.52. The number of rotatable bonds is 3. The number of para-hydroxylation sites is 6. The van der Waals surface area contributed by atoms with Crippen molar-refractivity contribution in [2.75, 3.05) is 0 Å². The SMILES string of the molecule is N#Cc1ccc(-c2ccc3c(c2)C2(c4ccccc4-3)c3ccccc3-n3c4ncc(-c5ccccc5)cc4c4cccc2c43)cc1.N#Cc1ccc2c(c1)C1(c3cc(C#N)ccc3-2)c2ccccc2-n2c3ncc(-c4ccccc4)cc3c3cccc1c32.N#Cc1ccc2c(c1)C1(c3ccccc3-2)c2ccccc2-n2c3cc4c5ccccc5c5ccccc5c4cc3c3cccc1c32. The van der Waals surface area contributed by atoms with Crippen molar-refractivity contribution in [1.29, 1.82) is 21.0 Å². The number of aromatic nitrogens is 5. The minimum Gasteiger partial charge on any atom is -0.309 e. The second-order valence-electron chi connectivity index (χ2n) is 36.0. The lowest BCUT2D eigenvalue weighted by Gasteiger charge is -2.39. The molecular weight excluding hydrogens is 1630 g/mol. The van der Waals surface area contributed by atoms with Gasteiger partial charge in [0.1, 0.15) is 11.3 Å². The lowest BCUT2D eigenvalue weighted by Crippen LogP contribution is -2.33. The Balaban J connectivity index is 0.000000100. The zero-order valence-electron chi connectivity index (χ0n) is 71.9. The molecule has 30 rings (SSSR count). The van der Waals surface area contributed by atoms with Crippen LogP contribution in [0.5, 0.6) is 0 Å². The van der Waals surface area contributed by atoms with Crippen molar-refractivity contribution in [2.45, 2.75) is 16.2 Å². The highest BCUT2D eigenvalue weighted by Crippen LogP contribution is 2.66. The quantitative estimate of drug-likeness (QED) is 0.162. The van der Waals surface area contributed by atoms with Gasteiger partial charge >= 0.3 is 0 Å². The van der Waals surface area contributed by atoms with Crippen LogP contribution in [0.15, 0.2) is 419 Å². The van der Waals surface area contributed by atoms with E-state index in [1.807, 2.05) is 60.9 Å². The van der Waals surface area contributed by atoms with Gasteiger partial charge in [-0.05, 0) is 252 Å². The maximum Gasteiger partial charge on any atom is 0.145 e. The van der Waals surface area contributed by atoms with Crippen LogP contribution in [0, 0.1) is 45.3 Å². The normalized spacial score (nSPS) is 15.0. The van der Waals surface area contributed by atoms with Crippen LogP contribution in [0.3, 0.4) is 0 Å². The predicted molar refractivity (Wildman–Crippen MR) is 538 cm³/mol. The van der Waals surface area contributed by atoms with Gasteiger partial charge in [-0.3, -0.25) is 9.13 Å². The van der Waals surface area contributed by atoms with E-state index in [1.54, 1.807) is 0 Å². The first-order valence-electron chi connectivity index (χ1n) is 45.4. The Morgan fingerprint density at radius 2 is 0.493 bits per heavy atom. The van der Waals surface area contributed by atoms with Crippen molar-refractivity contribution >= 4 is 98.0 Å². The molecule has 3 aliphatic carbocycles. The van der Waals surface area contributed by atoms with E-state index < -0.39 is 16.2 Å². The van der Waals surface area contributed by atoms with Gasteiger partial charge in [-0.1, -0.05) is 309 Å². The van der Waals surface area contributed by atoms with Crippen molar-refractivity contribution in [3.05, 3.63) is 508 Å². The summed E-state index contributed by atoms with van der Waals surface area (Å²) in [5, 5.41) is 54.2. The largest absolute Gasteiger partial charge is 0.309 e. The van der Waals surface area contributed by atoms with E-state index in [2.05, 4.69) is 396 Å². The summed E-state index contributed by atoms with van der Waals surface area (Å²) in [4.78, 5) is 10.2. The molecular formula is C125H69N9. The molecule has 9 heteroatoms. The second-order valence-corrected chi connectivity index (χ2v) is 36.0. The van der Waals surface area contributed by atoms with Gasteiger partial charge in [-0.2, -0.15) is 21.0 Å². The van der Waals surface area contributed by atoms with Gasteiger partial charge in [0, 0.05) is 55.8 Å². The number of benzene rings is 19. The van der Waals surface area contributed by atoms with Crippen LogP contribution in [0.2, 0.25) is 0 Å². The van der Waals surface area contributed by atoms with Crippen molar-refractivity contribution in [1.82, 2.24) is 23.7 Å². The van der Waals surface area contributed by atoms with Gasteiger partial charge in [0.15, 0.2) is 0 Å². The standard InChI is InChI=1S/C44H24N2.C43H25N3.C38H20N4/c45-25-26-20-21-32-31-14-5-6-16-37(31)44(40(32)22-26)38-17-7-8-19-41(38)46-42-24-35-30-13-4-2-11-28(30)27-10-1-3-12-29(27)34(35)23-36(42)33-15-9-18-39(44)43(33)46;44-25-27-17-19-29(20-18-27)30-21-22-33-32-11-4-5-13-36(32)43(39(33)24-30)37-14-6-7-16-40(37)46-41-34(12-8-15-38(41)43)35-23-31(26-45-42(35)46)28-9-2-1-3-10-28;39-20-23-13-15-27-28-16-14-24(21-40)18-34(28)38(33(27)17-23)31-10-4-5-12-35(31)42-36-29(9-6-11-32(36)38)30-19-26(22-41-37(30)42)25-7-2-1-3-8-25/h1-24H;1-24,26H;1-19,22H. The molecule has 2 atom stereocenters. The molecule has 3 aliphatic heterocycles. The third kappa shape index (κ3) is 9.74. The second kappa shape index (κ2) is 27.8. The average molecular weight is 1700 g/mol. The van der Waals surface area contributed by atoms with Crippen LogP contribution < -0.4 is 0 Å². The first-order valence-corrected chi connectivity index (χ1v) is 45.4. The number of pyridine rings is 2. The Kier molecular flexibility index (Phi) is 15.5. The van der Waals surface area contributed by atoms with Gasteiger partial charge in [-0.25, -0.2) is 9.97 Å². The van der Waals surface area contributed by atoms with E-state index in [4.69, 9.17) is 9.97 Å². The fourth-order valence-electron chi connectivity index (χ4n) is 24.7. The van der Waals surface area contributed by atoms with Crippen LogP contribution in [0.4, 0.5) is 0 Å². The molecule has 0 saturated heterocycles. The first kappa shape index (κ1) is 74.7. The van der Waals surface area contributed by atoms with Crippen molar-refractivity contribution in [2.24, 2.45) is 0 Å². The topological polar surface area (TPSA) is 136 Å². The summed E-state index contributed by atoms with van der Waals surface area (Å²) in [6, 6.07) is 155. The summed E-state index contributed by atoms with van der Waals surface area (Å²) in [5.74, 6) is 0. The molecule has 6 aliphatic rings. The van der Waals surface area contributed by atoms with Gasteiger partial charge < -0.3 is 4.57 Å². The number of nitriles is 4. The summed E-state index contributed by atoms with van der Waals surface area (Å²) >= 11 is 0. The predicted octanol–water partition coefficient (Wildman–Crippen LogP) is 29.1. The molecule has 0 saturated carbocycles. The van der Waals surface area contributed by atoms with E-state index in [0.717, 1.165) is 111 Å². The Bertz CT molecular complexity index is 9530. The lowest BCUT2D eigenvalue weighted by atomic mass is 9.65. The first-order chi connectivity index (χ1) is 66.3. The van der Waals surface area contributed by atoms with E-state index in [9.17, 15) is 21.0 Å². The molecule has 24 aromatic rings. The molecule has 134 heavy (non-hydrogen) atoms. The summed E-state index contributed by atoms with van der Waals surface area (Å²) in [5.41, 5.74) is 39.2. The molecule has 3 spiro atoms. The maximum absolute atomic E-state index is 10.1. The monoisotopic (exact) mass is 1700 g/mol. The molecule has 0 N–H and O–H groups in total. The zero-order valence-corrected chi connectivity index (χ0v) is 71.9. The molecule has 5 aromatic heterocycles. The lowest BCUT2D eigenvalue weighted by molar-refractivity contribution is 0.747. The summed E-state index contributed by atoms with van der Waals surface area (Å²) in [7, 11) is 0. The fourth-order valence-corrected chi connectivity index (χ4v) is 24.7. The van der Waals surface area contributed by atoms with E-state index in [1.165, 1.54) is 137 Å². The Morgan fingerprint density at radius 3 is 0.933 bits per heavy atom. The van der Waals surface area contributed by atoms with E-state index in [-0.39, 0.29) is 0 Å². The molecule has 0 amide bonds. The molecule has 0 bridgehead atoms. The molecule has 2 unspecified atom stereocenters. The number of hydrogen-bond donors (Lipinski definition) is 0. The maximum atomic E-state index is 10.1. The molecule has 19 aromatic carbocycles. The number of fused-ring (bicyclic) bond motifs is 42. The van der Waals surface area contributed by atoms with E-state index in [0.29, 0.717) is 22.3 Å². The summed E-state index contributed by atoms with van der Waals surface area (Å²) < 4.78 is 7.20. The van der Waals surface area contributed by atoms with Gasteiger partial charge in [0.25, 0.3) is 0 Å². The van der Waals surface area contributed by atoms with E-state index >= 15 is 0 Å². The highest BCUT2D eigenvalue weighted by molar-refractivity contribution is 6.29.